The number of sulfonamides is 1. The van der Waals surface area contributed by atoms with Gasteiger partial charge in [-0.25, -0.2) is 13.4 Å². The molecule has 0 atom stereocenters. The number of benzene rings is 2. The van der Waals surface area contributed by atoms with Crippen LogP contribution < -0.4 is 20.3 Å². The van der Waals surface area contributed by atoms with E-state index in [1.165, 1.54) is 25.7 Å². The lowest BCUT2D eigenvalue weighted by molar-refractivity contribution is 0.174. The Hall–Kier alpha value is -2.54. The highest BCUT2D eigenvalue weighted by Crippen LogP contribution is 2.36. The van der Waals surface area contributed by atoms with E-state index in [0.717, 1.165) is 56.5 Å². The van der Waals surface area contributed by atoms with Gasteiger partial charge in [-0.15, -0.1) is 0 Å². The van der Waals surface area contributed by atoms with Gasteiger partial charge in [-0.05, 0) is 82.2 Å². The lowest BCUT2D eigenvalue weighted by Gasteiger charge is -2.39. The molecule has 0 unspecified atom stereocenters. The number of likely N-dealkylation sites (N-methyl/N-ethyl adjacent to an activating group) is 1. The molecule has 0 spiro atoms. The van der Waals surface area contributed by atoms with Crippen molar-refractivity contribution in [2.75, 3.05) is 72.8 Å². The number of nitrogens with zero attached hydrogens (tertiary/aromatic N) is 5. The van der Waals surface area contributed by atoms with Crippen LogP contribution in [0.25, 0.3) is 0 Å². The summed E-state index contributed by atoms with van der Waals surface area (Å²) in [7, 11) is -1.32. The maximum atomic E-state index is 11.8. The fourth-order valence-electron chi connectivity index (χ4n) is 5.68. The predicted molar refractivity (Wildman–Crippen MR) is 179 cm³/mol. The molecule has 3 N–H and O–H groups in total. The number of aromatic nitrogens is 2. The second-order valence-electron chi connectivity index (χ2n) is 11.2. The first-order chi connectivity index (χ1) is 20.4. The van der Waals surface area contributed by atoms with Crippen LogP contribution in [0, 0.1) is 6.92 Å². The van der Waals surface area contributed by atoms with Crippen LogP contribution in [0.2, 0.25) is 15.1 Å². The van der Waals surface area contributed by atoms with Crippen molar-refractivity contribution in [3.05, 3.63) is 57.2 Å². The van der Waals surface area contributed by atoms with E-state index in [4.69, 9.17) is 34.8 Å². The number of rotatable bonds is 8. The number of anilines is 6. The van der Waals surface area contributed by atoms with E-state index in [1.54, 1.807) is 18.2 Å². The zero-order valence-electron chi connectivity index (χ0n) is 24.5. The number of hydrogen-bond acceptors (Lipinski definition) is 9. The molecule has 0 amide bonds. The van der Waals surface area contributed by atoms with Crippen molar-refractivity contribution in [2.45, 2.75) is 32.2 Å². The van der Waals surface area contributed by atoms with Crippen molar-refractivity contribution in [3.63, 3.8) is 0 Å². The van der Waals surface area contributed by atoms with E-state index < -0.39 is 10.0 Å². The molecule has 0 bridgehead atoms. The molecule has 1 aromatic heterocycles. The molecular formula is C29H37Cl3N8O2S. The minimum Gasteiger partial charge on any atom is -0.371 e. The first kappa shape index (κ1) is 31.9. The second kappa shape index (κ2) is 13.6. The highest BCUT2D eigenvalue weighted by atomic mass is 35.5. The molecular weight excluding hydrogens is 631 g/mol. The fourth-order valence-corrected chi connectivity index (χ4v) is 6.78. The van der Waals surface area contributed by atoms with Crippen molar-refractivity contribution >= 4 is 79.3 Å². The number of aryl methyl sites for hydroxylation is 1. The summed E-state index contributed by atoms with van der Waals surface area (Å²) in [6, 6.07) is 9.36. The quantitative estimate of drug-likeness (QED) is 0.259. The minimum absolute atomic E-state index is 0.240. The average molecular weight is 668 g/mol. The lowest BCUT2D eigenvalue weighted by Crippen LogP contribution is -2.46. The summed E-state index contributed by atoms with van der Waals surface area (Å²) in [6.45, 7) is 8.72. The Balaban J connectivity index is 1.28. The summed E-state index contributed by atoms with van der Waals surface area (Å²) in [4.78, 5) is 16.4. The van der Waals surface area contributed by atoms with Gasteiger partial charge in [0.2, 0.25) is 16.0 Å². The van der Waals surface area contributed by atoms with Crippen LogP contribution in [-0.2, 0) is 10.0 Å². The van der Waals surface area contributed by atoms with Crippen LogP contribution in [0.1, 0.15) is 24.8 Å². The molecule has 0 saturated carbocycles. The molecule has 0 radical (unpaired) electrons. The smallest absolute Gasteiger partial charge is 0.229 e. The third-order valence-corrected chi connectivity index (χ3v) is 9.30. The molecule has 232 valence electrons. The van der Waals surface area contributed by atoms with E-state index in [9.17, 15) is 8.42 Å². The molecule has 5 rings (SSSR count). The Labute approximate surface area is 268 Å². The summed E-state index contributed by atoms with van der Waals surface area (Å²) in [5.41, 5.74) is 3.59. The number of hydrogen-bond donors (Lipinski definition) is 3. The van der Waals surface area contributed by atoms with E-state index in [-0.39, 0.29) is 16.8 Å². The van der Waals surface area contributed by atoms with Gasteiger partial charge in [0, 0.05) is 42.9 Å². The van der Waals surface area contributed by atoms with Gasteiger partial charge in [-0.1, -0.05) is 34.8 Å². The van der Waals surface area contributed by atoms with E-state index in [0.29, 0.717) is 33.1 Å². The Morgan fingerprint density at radius 1 is 0.884 bits per heavy atom. The topological polar surface area (TPSA) is 106 Å². The standard InChI is InChI=1S/C29H37Cl3N8O2S/c1-19-15-25(22(31)17-27(19)40-11-7-21(8-12-40)39-10-4-9-38(2)13-14-39)35-29-33-18-23(32)28(36-29)34-26-16-20(30)5-6-24(26)37-43(3,41)42/h5-6,15-18,21,37H,4,7-14H2,1-3H3,(H2,33,34,35,36). The van der Waals surface area contributed by atoms with Crippen molar-refractivity contribution in [3.8, 4) is 0 Å². The molecule has 3 heterocycles. The molecule has 10 nitrogen and oxygen atoms in total. The van der Waals surface area contributed by atoms with Crippen LogP contribution in [0.15, 0.2) is 36.5 Å². The van der Waals surface area contributed by atoms with Crippen molar-refractivity contribution < 1.29 is 8.42 Å². The van der Waals surface area contributed by atoms with E-state index in [2.05, 4.69) is 54.0 Å². The fraction of sp³-hybridized carbons (Fsp3) is 0.448. The van der Waals surface area contributed by atoms with Crippen molar-refractivity contribution in [2.24, 2.45) is 0 Å². The van der Waals surface area contributed by atoms with Crippen molar-refractivity contribution in [1.29, 1.82) is 0 Å². The van der Waals surface area contributed by atoms with Gasteiger partial charge in [0.15, 0.2) is 5.82 Å². The predicted octanol–water partition coefficient (Wildman–Crippen LogP) is 6.21. The number of halogens is 3. The molecule has 2 fully saturated rings. The normalized spacial score (nSPS) is 17.5. The molecule has 2 saturated heterocycles. The molecule has 0 aliphatic carbocycles. The summed E-state index contributed by atoms with van der Waals surface area (Å²) in [5.74, 6) is 0.533. The van der Waals surface area contributed by atoms with Crippen LogP contribution in [0.5, 0.6) is 0 Å². The minimum atomic E-state index is -3.53. The Morgan fingerprint density at radius 3 is 2.40 bits per heavy atom. The Kier molecular flexibility index (Phi) is 10.1. The lowest BCUT2D eigenvalue weighted by atomic mass is 10.0. The first-order valence-electron chi connectivity index (χ1n) is 14.3. The van der Waals surface area contributed by atoms with Gasteiger partial charge in [-0.2, -0.15) is 4.98 Å². The second-order valence-corrected chi connectivity index (χ2v) is 14.2. The number of nitrogens with one attached hydrogen (secondary N) is 3. The van der Waals surface area contributed by atoms with Crippen LogP contribution in [-0.4, -0.2) is 86.8 Å². The maximum absolute atomic E-state index is 11.8. The van der Waals surface area contributed by atoms with Gasteiger partial charge >= 0.3 is 0 Å². The molecule has 43 heavy (non-hydrogen) atoms. The molecule has 2 aliphatic rings. The van der Waals surface area contributed by atoms with Crippen LogP contribution >= 0.6 is 34.8 Å². The van der Waals surface area contributed by atoms with Gasteiger partial charge in [0.05, 0.1) is 34.5 Å². The van der Waals surface area contributed by atoms with Gasteiger partial charge < -0.3 is 20.4 Å². The number of piperidine rings is 1. The zero-order chi connectivity index (χ0) is 30.7. The van der Waals surface area contributed by atoms with E-state index >= 15 is 0 Å². The van der Waals surface area contributed by atoms with Gasteiger partial charge in [0.25, 0.3) is 0 Å². The summed E-state index contributed by atoms with van der Waals surface area (Å²) in [5, 5.41) is 7.47. The molecule has 3 aromatic rings. The molecule has 14 heteroatoms. The maximum Gasteiger partial charge on any atom is 0.229 e. The summed E-state index contributed by atoms with van der Waals surface area (Å²) >= 11 is 19.3. The summed E-state index contributed by atoms with van der Waals surface area (Å²) in [6.07, 6.45) is 6.04. The Morgan fingerprint density at radius 2 is 1.65 bits per heavy atom. The Bertz CT molecular complexity index is 1570. The average Bonchev–Trinajstić information content (AvgIpc) is 3.17. The first-order valence-corrected chi connectivity index (χ1v) is 17.3. The largest absolute Gasteiger partial charge is 0.371 e. The van der Waals surface area contributed by atoms with Crippen molar-refractivity contribution in [1.82, 2.24) is 19.8 Å². The SMILES string of the molecule is Cc1cc(Nc2ncc(Cl)c(Nc3cc(Cl)ccc3NS(C)(=O)=O)n2)c(Cl)cc1N1CCC(N2CCCN(C)CC2)CC1. The monoisotopic (exact) mass is 666 g/mol. The van der Waals surface area contributed by atoms with Gasteiger partial charge in [-0.3, -0.25) is 9.62 Å². The highest BCUT2D eigenvalue weighted by Gasteiger charge is 2.27. The van der Waals surface area contributed by atoms with Gasteiger partial charge in [0.1, 0.15) is 5.02 Å². The zero-order valence-corrected chi connectivity index (χ0v) is 27.6. The van der Waals surface area contributed by atoms with Crippen LogP contribution in [0.3, 0.4) is 0 Å². The molecule has 2 aromatic carbocycles. The third-order valence-electron chi connectivity index (χ3n) is 7.88. The third kappa shape index (κ3) is 8.34. The highest BCUT2D eigenvalue weighted by molar-refractivity contribution is 7.92. The van der Waals surface area contributed by atoms with Crippen LogP contribution in [0.4, 0.5) is 34.5 Å². The summed E-state index contributed by atoms with van der Waals surface area (Å²) < 4.78 is 26.2. The van der Waals surface area contributed by atoms with E-state index in [1.807, 2.05) is 12.1 Å². The molecule has 2 aliphatic heterocycles.